The van der Waals surface area contributed by atoms with Crippen LogP contribution in [0.5, 0.6) is 5.75 Å². The van der Waals surface area contributed by atoms with Gasteiger partial charge in [0.2, 0.25) is 11.8 Å². The van der Waals surface area contributed by atoms with E-state index in [2.05, 4.69) is 26.2 Å². The molecular formula is C22H26BrN3O3. The minimum absolute atomic E-state index is 0.0333. The van der Waals surface area contributed by atoms with E-state index in [-0.39, 0.29) is 23.8 Å². The van der Waals surface area contributed by atoms with Gasteiger partial charge in [-0.2, -0.15) is 0 Å². The van der Waals surface area contributed by atoms with E-state index in [0.717, 1.165) is 28.6 Å². The molecule has 0 spiro atoms. The second kappa shape index (κ2) is 9.87. The van der Waals surface area contributed by atoms with Crippen molar-refractivity contribution in [2.24, 2.45) is 5.92 Å². The van der Waals surface area contributed by atoms with E-state index in [1.165, 1.54) is 0 Å². The smallest absolute Gasteiger partial charge is 0.230 e. The number of likely N-dealkylation sites (tertiary alicyclic amines) is 1. The van der Waals surface area contributed by atoms with E-state index in [1.54, 1.807) is 17.2 Å². The van der Waals surface area contributed by atoms with Crippen LogP contribution in [-0.4, -0.2) is 40.9 Å². The van der Waals surface area contributed by atoms with Gasteiger partial charge >= 0.3 is 0 Å². The third-order valence-corrected chi connectivity index (χ3v) is 5.22. The van der Waals surface area contributed by atoms with Crippen molar-refractivity contribution < 1.29 is 14.3 Å². The largest absolute Gasteiger partial charge is 0.491 e. The van der Waals surface area contributed by atoms with Crippen LogP contribution in [0.4, 0.5) is 5.82 Å². The lowest BCUT2D eigenvalue weighted by Gasteiger charge is -2.32. The first-order chi connectivity index (χ1) is 13.9. The number of hydrogen-bond donors (Lipinski definition) is 1. The molecule has 1 fully saturated rings. The zero-order valence-corrected chi connectivity index (χ0v) is 18.3. The first kappa shape index (κ1) is 21.3. The van der Waals surface area contributed by atoms with Crippen LogP contribution in [0.25, 0.3) is 0 Å². The van der Waals surface area contributed by atoms with E-state index in [0.29, 0.717) is 25.3 Å². The Bertz CT molecular complexity index is 855. The Labute approximate surface area is 179 Å². The highest BCUT2D eigenvalue weighted by Crippen LogP contribution is 2.21. The summed E-state index contributed by atoms with van der Waals surface area (Å²) < 4.78 is 6.56. The van der Waals surface area contributed by atoms with Gasteiger partial charge in [0, 0.05) is 23.8 Å². The first-order valence-corrected chi connectivity index (χ1v) is 10.7. The van der Waals surface area contributed by atoms with Crippen LogP contribution in [0.2, 0.25) is 0 Å². The molecule has 1 saturated heterocycles. The number of carbonyl (C=O) groups excluding carboxylic acids is 2. The van der Waals surface area contributed by atoms with Gasteiger partial charge in [0.15, 0.2) is 0 Å². The quantitative estimate of drug-likeness (QED) is 0.706. The standard InChI is InChI=1S/C22H26BrN3O3/c1-15(2)29-19-7-3-5-16(11-19)12-21(27)26-10-4-6-17(14-26)22(28)25-20-9-8-18(23)13-24-20/h3,5,7-9,11,13,15,17H,4,6,10,12,14H2,1-2H3,(H,24,25,28). The van der Waals surface area contributed by atoms with E-state index in [9.17, 15) is 9.59 Å². The van der Waals surface area contributed by atoms with Gasteiger partial charge in [0.1, 0.15) is 11.6 Å². The number of piperidine rings is 1. The van der Waals surface area contributed by atoms with Crippen LogP contribution >= 0.6 is 15.9 Å². The molecule has 0 bridgehead atoms. The lowest BCUT2D eigenvalue weighted by atomic mass is 9.96. The van der Waals surface area contributed by atoms with E-state index in [1.807, 2.05) is 44.2 Å². The number of rotatable bonds is 6. The second-order valence-electron chi connectivity index (χ2n) is 7.52. The molecule has 3 rings (SSSR count). The van der Waals surface area contributed by atoms with Crippen molar-refractivity contribution in [3.8, 4) is 5.75 Å². The van der Waals surface area contributed by atoms with Gasteiger partial charge in [-0.25, -0.2) is 4.98 Å². The van der Waals surface area contributed by atoms with Gasteiger partial charge in [-0.15, -0.1) is 0 Å². The molecule has 6 nitrogen and oxygen atoms in total. The molecule has 1 atom stereocenters. The Morgan fingerprint density at radius 3 is 2.86 bits per heavy atom. The zero-order valence-electron chi connectivity index (χ0n) is 16.7. The predicted octanol–water partition coefficient (Wildman–Crippen LogP) is 4.05. The average molecular weight is 460 g/mol. The highest BCUT2D eigenvalue weighted by atomic mass is 79.9. The molecule has 0 radical (unpaired) electrons. The van der Waals surface area contributed by atoms with Crippen molar-refractivity contribution in [3.05, 3.63) is 52.6 Å². The molecule has 154 valence electrons. The number of nitrogens with one attached hydrogen (secondary N) is 1. The van der Waals surface area contributed by atoms with Crippen molar-refractivity contribution in [1.29, 1.82) is 0 Å². The predicted molar refractivity (Wildman–Crippen MR) is 116 cm³/mol. The fourth-order valence-corrected chi connectivity index (χ4v) is 3.62. The van der Waals surface area contributed by atoms with Gasteiger partial charge in [-0.05, 0) is 72.4 Å². The molecule has 2 amide bonds. The highest BCUT2D eigenvalue weighted by Gasteiger charge is 2.28. The molecule has 0 aliphatic carbocycles. The Morgan fingerprint density at radius 2 is 2.14 bits per heavy atom. The summed E-state index contributed by atoms with van der Waals surface area (Å²) in [5, 5.41) is 2.85. The van der Waals surface area contributed by atoms with E-state index >= 15 is 0 Å². The minimum atomic E-state index is -0.228. The fraction of sp³-hybridized carbons (Fsp3) is 0.409. The number of amides is 2. The normalized spacial score (nSPS) is 16.6. The number of aromatic nitrogens is 1. The number of hydrogen-bond acceptors (Lipinski definition) is 4. The maximum atomic E-state index is 12.8. The van der Waals surface area contributed by atoms with Crippen molar-refractivity contribution in [3.63, 3.8) is 0 Å². The maximum absolute atomic E-state index is 12.8. The Morgan fingerprint density at radius 1 is 1.31 bits per heavy atom. The topological polar surface area (TPSA) is 71.5 Å². The molecule has 29 heavy (non-hydrogen) atoms. The van der Waals surface area contributed by atoms with Crippen molar-refractivity contribution in [1.82, 2.24) is 9.88 Å². The van der Waals surface area contributed by atoms with Crippen LogP contribution in [0, 0.1) is 5.92 Å². The van der Waals surface area contributed by atoms with Crippen molar-refractivity contribution >= 4 is 33.6 Å². The molecule has 1 aliphatic heterocycles. The summed E-state index contributed by atoms with van der Waals surface area (Å²) in [6.45, 7) is 5.06. The summed E-state index contributed by atoms with van der Waals surface area (Å²) in [6, 6.07) is 11.2. The van der Waals surface area contributed by atoms with Crippen LogP contribution < -0.4 is 10.1 Å². The lowest BCUT2D eigenvalue weighted by Crippen LogP contribution is -2.44. The molecule has 1 aromatic heterocycles. The fourth-order valence-electron chi connectivity index (χ4n) is 3.38. The minimum Gasteiger partial charge on any atom is -0.491 e. The van der Waals surface area contributed by atoms with E-state index < -0.39 is 0 Å². The first-order valence-electron chi connectivity index (χ1n) is 9.86. The Hall–Kier alpha value is -2.41. The van der Waals surface area contributed by atoms with Gasteiger partial charge in [0.25, 0.3) is 0 Å². The molecule has 2 heterocycles. The number of ether oxygens (including phenoxy) is 1. The van der Waals surface area contributed by atoms with Crippen molar-refractivity contribution in [2.45, 2.75) is 39.2 Å². The molecule has 1 N–H and O–H groups in total. The summed E-state index contributed by atoms with van der Waals surface area (Å²) in [5.41, 5.74) is 0.916. The van der Waals surface area contributed by atoms with Crippen LogP contribution in [0.1, 0.15) is 32.3 Å². The lowest BCUT2D eigenvalue weighted by molar-refractivity contribution is -0.133. The molecule has 1 aromatic carbocycles. The number of halogens is 1. The Kier molecular flexibility index (Phi) is 7.25. The van der Waals surface area contributed by atoms with Crippen LogP contribution in [-0.2, 0) is 16.0 Å². The second-order valence-corrected chi connectivity index (χ2v) is 8.44. The van der Waals surface area contributed by atoms with Crippen LogP contribution in [0.3, 0.4) is 0 Å². The SMILES string of the molecule is CC(C)Oc1cccc(CC(=O)N2CCCC(C(=O)Nc3ccc(Br)cn3)C2)c1. The summed E-state index contributed by atoms with van der Waals surface area (Å²) in [6.07, 6.45) is 3.61. The number of benzene rings is 1. The maximum Gasteiger partial charge on any atom is 0.230 e. The van der Waals surface area contributed by atoms with Crippen molar-refractivity contribution in [2.75, 3.05) is 18.4 Å². The van der Waals surface area contributed by atoms with Gasteiger partial charge < -0.3 is 15.0 Å². The van der Waals surface area contributed by atoms with Gasteiger partial charge in [-0.3, -0.25) is 9.59 Å². The number of carbonyl (C=O) groups is 2. The van der Waals surface area contributed by atoms with Gasteiger partial charge in [0.05, 0.1) is 18.4 Å². The molecule has 7 heteroatoms. The molecular weight excluding hydrogens is 434 g/mol. The summed E-state index contributed by atoms with van der Waals surface area (Å²) in [4.78, 5) is 31.4. The number of nitrogens with zero attached hydrogens (tertiary/aromatic N) is 2. The van der Waals surface area contributed by atoms with Gasteiger partial charge in [-0.1, -0.05) is 12.1 Å². The Balaban J connectivity index is 1.57. The monoisotopic (exact) mass is 459 g/mol. The molecule has 0 saturated carbocycles. The van der Waals surface area contributed by atoms with Crippen LogP contribution in [0.15, 0.2) is 47.1 Å². The summed E-state index contributed by atoms with van der Waals surface area (Å²) in [5.74, 6) is 0.996. The third kappa shape index (κ3) is 6.29. The third-order valence-electron chi connectivity index (χ3n) is 4.75. The zero-order chi connectivity index (χ0) is 20.8. The molecule has 2 aromatic rings. The molecule has 1 aliphatic rings. The summed E-state index contributed by atoms with van der Waals surface area (Å²) >= 11 is 3.33. The number of anilines is 1. The van der Waals surface area contributed by atoms with E-state index in [4.69, 9.17) is 4.74 Å². The summed E-state index contributed by atoms with van der Waals surface area (Å²) in [7, 11) is 0. The molecule has 1 unspecified atom stereocenters. The average Bonchev–Trinajstić information content (AvgIpc) is 2.69. The highest BCUT2D eigenvalue weighted by molar-refractivity contribution is 9.10. The number of pyridine rings is 1.